The maximum absolute atomic E-state index is 14.0. The number of pyridine rings is 1. The lowest BCUT2D eigenvalue weighted by Gasteiger charge is -2.33. The Hall–Kier alpha value is -4.41. The van der Waals surface area contributed by atoms with Crippen molar-refractivity contribution in [1.29, 1.82) is 0 Å². The van der Waals surface area contributed by atoms with E-state index in [1.54, 1.807) is 60.9 Å². The first-order valence-electron chi connectivity index (χ1n) is 13.4. The van der Waals surface area contributed by atoms with Gasteiger partial charge in [-0.15, -0.1) is 0 Å². The number of nitrogens with zero attached hydrogens (tertiary/aromatic N) is 3. The third kappa shape index (κ3) is 9.05. The predicted molar refractivity (Wildman–Crippen MR) is 159 cm³/mol. The molecule has 0 aliphatic heterocycles. The summed E-state index contributed by atoms with van der Waals surface area (Å²) in [5.41, 5.74) is 2.97. The second-order valence-electron chi connectivity index (χ2n) is 9.94. The zero-order valence-electron chi connectivity index (χ0n) is 23.3. The number of carbonyl (C=O) groups is 2. The van der Waals surface area contributed by atoms with Crippen LogP contribution < -0.4 is 5.32 Å². The molecule has 0 fully saturated rings. The summed E-state index contributed by atoms with van der Waals surface area (Å²) in [5, 5.41) is 2.92. The molecule has 4 rings (SSSR count). The van der Waals surface area contributed by atoms with E-state index in [1.165, 1.54) is 17.0 Å². The van der Waals surface area contributed by atoms with E-state index in [0.29, 0.717) is 5.56 Å². The third-order valence-corrected chi connectivity index (χ3v) is 7.93. The Labute approximate surface area is 245 Å². The summed E-state index contributed by atoms with van der Waals surface area (Å²) in [6.45, 7) is -0.290. The molecular weight excluding hydrogens is 555 g/mol. The standard InChI is InChI=1S/C32H33FN4O4S/c1-42(40,41)36(22-27-10-6-3-7-11-27)24-31(38)37(23-28-12-14-29(33)15-13-28)30(20-25-8-4-2-5-9-25)32(39)35-21-26-16-18-34-19-17-26/h2-19,30H,20-24H2,1H3,(H,35,39). The highest BCUT2D eigenvalue weighted by Crippen LogP contribution is 2.18. The minimum atomic E-state index is -3.79. The number of hydrogen-bond donors (Lipinski definition) is 1. The van der Waals surface area contributed by atoms with Gasteiger partial charge in [0, 0.05) is 38.4 Å². The van der Waals surface area contributed by atoms with Gasteiger partial charge in [0.2, 0.25) is 21.8 Å². The molecule has 0 radical (unpaired) electrons. The summed E-state index contributed by atoms with van der Waals surface area (Å²) in [4.78, 5) is 33.2. The lowest BCUT2D eigenvalue weighted by Crippen LogP contribution is -2.53. The molecule has 1 aromatic heterocycles. The molecule has 0 bridgehead atoms. The fraction of sp³-hybridized carbons (Fsp3) is 0.219. The maximum atomic E-state index is 14.0. The lowest BCUT2D eigenvalue weighted by atomic mass is 10.0. The zero-order chi connectivity index (χ0) is 30.0. The normalized spacial score (nSPS) is 12.1. The van der Waals surface area contributed by atoms with Crippen LogP contribution in [0.4, 0.5) is 4.39 Å². The van der Waals surface area contributed by atoms with E-state index in [0.717, 1.165) is 27.3 Å². The molecule has 4 aromatic rings. The van der Waals surface area contributed by atoms with Gasteiger partial charge in [0.1, 0.15) is 11.9 Å². The van der Waals surface area contributed by atoms with Crippen LogP contribution in [-0.2, 0) is 45.7 Å². The maximum Gasteiger partial charge on any atom is 0.243 e. The summed E-state index contributed by atoms with van der Waals surface area (Å²) in [6, 6.07) is 26.5. The molecule has 218 valence electrons. The Kier molecular flexibility index (Phi) is 10.5. The summed E-state index contributed by atoms with van der Waals surface area (Å²) >= 11 is 0. The molecule has 10 heteroatoms. The van der Waals surface area contributed by atoms with Crippen LogP contribution in [0.1, 0.15) is 22.3 Å². The van der Waals surface area contributed by atoms with Gasteiger partial charge in [-0.25, -0.2) is 12.8 Å². The second kappa shape index (κ2) is 14.5. The fourth-order valence-corrected chi connectivity index (χ4v) is 5.20. The van der Waals surface area contributed by atoms with Crippen LogP contribution in [0.5, 0.6) is 0 Å². The van der Waals surface area contributed by atoms with Gasteiger partial charge in [0.25, 0.3) is 0 Å². The van der Waals surface area contributed by atoms with Gasteiger partial charge in [-0.3, -0.25) is 14.6 Å². The second-order valence-corrected chi connectivity index (χ2v) is 11.9. The SMILES string of the molecule is CS(=O)(=O)N(CC(=O)N(Cc1ccc(F)cc1)C(Cc1ccccc1)C(=O)NCc1ccncc1)Cc1ccccc1. The Bertz CT molecular complexity index is 1550. The van der Waals surface area contributed by atoms with Crippen molar-refractivity contribution in [3.63, 3.8) is 0 Å². The number of benzene rings is 3. The van der Waals surface area contributed by atoms with Gasteiger partial charge in [-0.05, 0) is 46.5 Å². The highest BCUT2D eigenvalue weighted by Gasteiger charge is 2.33. The Morgan fingerprint density at radius 1 is 0.786 bits per heavy atom. The van der Waals surface area contributed by atoms with Gasteiger partial charge in [-0.1, -0.05) is 72.8 Å². The van der Waals surface area contributed by atoms with Crippen LogP contribution in [0.25, 0.3) is 0 Å². The smallest absolute Gasteiger partial charge is 0.243 e. The van der Waals surface area contributed by atoms with Gasteiger partial charge in [-0.2, -0.15) is 4.31 Å². The van der Waals surface area contributed by atoms with Crippen molar-refractivity contribution in [2.45, 2.75) is 32.1 Å². The van der Waals surface area contributed by atoms with E-state index < -0.39 is 40.2 Å². The molecule has 2 amide bonds. The van der Waals surface area contributed by atoms with Crippen molar-refractivity contribution in [3.8, 4) is 0 Å². The molecule has 0 saturated carbocycles. The number of aromatic nitrogens is 1. The van der Waals surface area contributed by atoms with Crippen molar-refractivity contribution in [2.75, 3.05) is 12.8 Å². The highest BCUT2D eigenvalue weighted by molar-refractivity contribution is 7.88. The summed E-state index contributed by atoms with van der Waals surface area (Å²) in [5.74, 6) is -1.39. The van der Waals surface area contributed by atoms with Crippen molar-refractivity contribution in [3.05, 3.63) is 138 Å². The summed E-state index contributed by atoms with van der Waals surface area (Å²) in [7, 11) is -3.79. The molecule has 3 aromatic carbocycles. The number of rotatable bonds is 13. The van der Waals surface area contributed by atoms with Gasteiger partial charge in [0.15, 0.2) is 0 Å². The van der Waals surface area contributed by atoms with Crippen molar-refractivity contribution >= 4 is 21.8 Å². The van der Waals surface area contributed by atoms with Crippen LogP contribution in [-0.4, -0.2) is 53.3 Å². The van der Waals surface area contributed by atoms with Crippen LogP contribution >= 0.6 is 0 Å². The Morgan fingerprint density at radius 2 is 1.36 bits per heavy atom. The van der Waals surface area contributed by atoms with Crippen LogP contribution in [0.3, 0.4) is 0 Å². The summed E-state index contributed by atoms with van der Waals surface area (Å²) in [6.07, 6.45) is 4.49. The molecule has 1 heterocycles. The zero-order valence-corrected chi connectivity index (χ0v) is 24.1. The fourth-order valence-electron chi connectivity index (χ4n) is 4.47. The summed E-state index contributed by atoms with van der Waals surface area (Å²) < 4.78 is 40.3. The molecular formula is C32H33FN4O4S. The van der Waals surface area contributed by atoms with Crippen LogP contribution in [0.15, 0.2) is 109 Å². The molecule has 8 nitrogen and oxygen atoms in total. The first-order chi connectivity index (χ1) is 20.2. The monoisotopic (exact) mass is 588 g/mol. The van der Waals surface area contributed by atoms with Gasteiger partial charge >= 0.3 is 0 Å². The highest BCUT2D eigenvalue weighted by atomic mass is 32.2. The average molecular weight is 589 g/mol. The third-order valence-electron chi connectivity index (χ3n) is 6.74. The number of carbonyl (C=O) groups excluding carboxylic acids is 2. The molecule has 0 saturated heterocycles. The van der Waals surface area contributed by atoms with E-state index in [2.05, 4.69) is 10.3 Å². The van der Waals surface area contributed by atoms with Gasteiger partial charge in [0.05, 0.1) is 12.8 Å². The minimum Gasteiger partial charge on any atom is -0.350 e. The quantitative estimate of drug-likeness (QED) is 0.255. The number of hydrogen-bond acceptors (Lipinski definition) is 5. The number of amides is 2. The minimum absolute atomic E-state index is 0.00655. The van der Waals surface area contributed by atoms with Gasteiger partial charge < -0.3 is 10.2 Å². The molecule has 1 N–H and O–H groups in total. The largest absolute Gasteiger partial charge is 0.350 e. The van der Waals surface area contributed by atoms with E-state index in [-0.39, 0.29) is 26.1 Å². The number of halogens is 1. The van der Waals surface area contributed by atoms with Crippen LogP contribution in [0.2, 0.25) is 0 Å². The molecule has 42 heavy (non-hydrogen) atoms. The van der Waals surface area contributed by atoms with E-state index in [9.17, 15) is 22.4 Å². The first-order valence-corrected chi connectivity index (χ1v) is 15.3. The van der Waals surface area contributed by atoms with E-state index >= 15 is 0 Å². The topological polar surface area (TPSA) is 99.7 Å². The molecule has 1 atom stereocenters. The molecule has 0 spiro atoms. The number of sulfonamides is 1. The van der Waals surface area contributed by atoms with Crippen molar-refractivity contribution < 1.29 is 22.4 Å². The number of nitrogens with one attached hydrogen (secondary N) is 1. The molecule has 1 unspecified atom stereocenters. The van der Waals surface area contributed by atoms with Crippen molar-refractivity contribution in [1.82, 2.24) is 19.5 Å². The van der Waals surface area contributed by atoms with Crippen LogP contribution in [0, 0.1) is 5.82 Å². The first kappa shape index (κ1) is 30.5. The molecule has 0 aliphatic rings. The average Bonchev–Trinajstić information content (AvgIpc) is 2.99. The Morgan fingerprint density at radius 3 is 1.95 bits per heavy atom. The Balaban J connectivity index is 1.67. The predicted octanol–water partition coefficient (Wildman–Crippen LogP) is 3.94. The van der Waals surface area contributed by atoms with Crippen molar-refractivity contribution in [2.24, 2.45) is 0 Å². The lowest BCUT2D eigenvalue weighted by molar-refractivity contribution is -0.141. The molecule has 0 aliphatic carbocycles. The van der Waals surface area contributed by atoms with E-state index in [1.807, 2.05) is 36.4 Å². The van der Waals surface area contributed by atoms with E-state index in [4.69, 9.17) is 0 Å².